The summed E-state index contributed by atoms with van der Waals surface area (Å²) in [6, 6.07) is 21.2. The maximum atomic E-state index is 13.2. The molecule has 0 bridgehead atoms. The largest absolute Gasteiger partial charge is 0.378 e. The fourth-order valence-corrected chi connectivity index (χ4v) is 4.98. The van der Waals surface area contributed by atoms with E-state index < -0.39 is 5.91 Å². The van der Waals surface area contributed by atoms with Crippen molar-refractivity contribution in [3.63, 3.8) is 0 Å². The van der Waals surface area contributed by atoms with Crippen molar-refractivity contribution >= 4 is 40.5 Å². The summed E-state index contributed by atoms with van der Waals surface area (Å²) in [6.45, 7) is 7.31. The van der Waals surface area contributed by atoms with Gasteiger partial charge >= 0.3 is 0 Å². The van der Waals surface area contributed by atoms with Gasteiger partial charge in [0.05, 0.1) is 24.6 Å². The first-order valence-electron chi connectivity index (χ1n) is 14.1. The molecule has 0 unspecified atom stereocenters. The second-order valence-electron chi connectivity index (χ2n) is 10.3. The van der Waals surface area contributed by atoms with Gasteiger partial charge < -0.3 is 30.2 Å². The summed E-state index contributed by atoms with van der Waals surface area (Å²) in [5.74, 6) is -0.865. The number of nitrogens with one attached hydrogen (secondary N) is 3. The lowest BCUT2D eigenvalue weighted by Crippen LogP contribution is -2.40. The highest BCUT2D eigenvalue weighted by atomic mass is 16.5. The van der Waals surface area contributed by atoms with Gasteiger partial charge in [-0.05, 0) is 66.6 Å². The number of carbonyl (C=O) groups excluding carboxylic acids is 3. The number of anilines is 4. The maximum Gasteiger partial charge on any atom is 0.274 e. The van der Waals surface area contributed by atoms with Gasteiger partial charge in [0.1, 0.15) is 5.69 Å². The fraction of sp³-hybridized carbons (Fsp3) is 0.176. The van der Waals surface area contributed by atoms with Crippen LogP contribution in [0.4, 0.5) is 22.7 Å². The average molecular weight is 592 g/mol. The summed E-state index contributed by atoms with van der Waals surface area (Å²) in [4.78, 5) is 53.2. The molecule has 0 radical (unpaired) electrons. The third kappa shape index (κ3) is 6.61. The number of amides is 3. The van der Waals surface area contributed by atoms with E-state index in [2.05, 4.69) is 22.5 Å². The van der Waals surface area contributed by atoms with E-state index in [0.29, 0.717) is 54.5 Å². The minimum absolute atomic E-state index is 0.179. The number of morpholine rings is 1. The van der Waals surface area contributed by atoms with E-state index in [1.807, 2.05) is 31.2 Å². The Morgan fingerprint density at radius 3 is 2.32 bits per heavy atom. The molecule has 224 valence electrons. The van der Waals surface area contributed by atoms with E-state index in [9.17, 15) is 19.2 Å². The van der Waals surface area contributed by atoms with Crippen LogP contribution in [0.25, 0.3) is 11.1 Å². The summed E-state index contributed by atoms with van der Waals surface area (Å²) < 4.78 is 6.81. The summed E-state index contributed by atoms with van der Waals surface area (Å²) in [5.41, 5.74) is 4.67. The molecule has 1 aromatic heterocycles. The number of benzene rings is 3. The Bertz CT molecular complexity index is 1790. The highest BCUT2D eigenvalue weighted by molar-refractivity contribution is 6.05. The van der Waals surface area contributed by atoms with E-state index >= 15 is 0 Å². The van der Waals surface area contributed by atoms with Gasteiger partial charge in [0, 0.05) is 48.7 Å². The van der Waals surface area contributed by atoms with Crippen molar-refractivity contribution in [2.45, 2.75) is 6.92 Å². The first kappa shape index (κ1) is 30.0. The van der Waals surface area contributed by atoms with Gasteiger partial charge in [-0.15, -0.1) is 0 Å². The predicted octanol–water partition coefficient (Wildman–Crippen LogP) is 4.95. The molecule has 1 fully saturated rings. The maximum absolute atomic E-state index is 13.2. The lowest BCUT2D eigenvalue weighted by Gasteiger charge is -2.27. The molecule has 3 N–H and O–H groups in total. The number of aryl methyl sites for hydroxylation is 1. The number of ether oxygens (including phenoxy) is 1. The van der Waals surface area contributed by atoms with Crippen LogP contribution in [-0.2, 0) is 16.6 Å². The molecule has 0 atom stereocenters. The smallest absolute Gasteiger partial charge is 0.274 e. The van der Waals surface area contributed by atoms with Crippen LogP contribution in [0.15, 0.2) is 96.4 Å². The van der Waals surface area contributed by atoms with Gasteiger partial charge in [-0.1, -0.05) is 36.9 Å². The summed E-state index contributed by atoms with van der Waals surface area (Å²) in [6.07, 6.45) is 2.86. The molecule has 2 heterocycles. The van der Waals surface area contributed by atoms with Gasteiger partial charge in [0.15, 0.2) is 0 Å². The number of rotatable bonds is 8. The zero-order valence-electron chi connectivity index (χ0n) is 24.6. The molecule has 3 aromatic carbocycles. The van der Waals surface area contributed by atoms with Crippen LogP contribution in [0.5, 0.6) is 0 Å². The lowest BCUT2D eigenvalue weighted by molar-refractivity contribution is -0.111. The Balaban J connectivity index is 1.47. The van der Waals surface area contributed by atoms with Crippen LogP contribution >= 0.6 is 0 Å². The van der Waals surface area contributed by atoms with E-state index in [0.717, 1.165) is 22.8 Å². The fourth-order valence-electron chi connectivity index (χ4n) is 4.98. The normalized spacial score (nSPS) is 12.7. The molecular weight excluding hydrogens is 558 g/mol. The van der Waals surface area contributed by atoms with Crippen LogP contribution in [-0.4, -0.2) is 53.5 Å². The predicted molar refractivity (Wildman–Crippen MR) is 172 cm³/mol. The Morgan fingerprint density at radius 2 is 1.59 bits per heavy atom. The molecule has 0 saturated carbocycles. The minimum atomic E-state index is -0.462. The van der Waals surface area contributed by atoms with Crippen molar-refractivity contribution in [2.24, 2.45) is 7.05 Å². The van der Waals surface area contributed by atoms with Crippen LogP contribution in [0.2, 0.25) is 0 Å². The van der Waals surface area contributed by atoms with Crippen LogP contribution in [0.1, 0.15) is 26.3 Å². The number of nitrogens with zero attached hydrogens (tertiary/aromatic N) is 2. The van der Waals surface area contributed by atoms with E-state index in [-0.39, 0.29) is 23.1 Å². The van der Waals surface area contributed by atoms with Crippen molar-refractivity contribution in [3.05, 3.63) is 119 Å². The zero-order valence-corrected chi connectivity index (χ0v) is 24.6. The molecule has 5 rings (SSSR count). The molecule has 10 nitrogen and oxygen atoms in total. The standard InChI is InChI=1S/C34H33N5O5/c1-4-31(40)36-29-19-24(33(42)39-15-17-44-18-16-39)13-14-28(29)35-30-20-25(21-38(3)34(30)43)26-11-8-12-27(22(26)2)37-32(41)23-9-6-5-7-10-23/h4-14,19-21,35H,1,15-18H2,2-3H3,(H,36,40)(H,37,41). The summed E-state index contributed by atoms with van der Waals surface area (Å²) in [5, 5.41) is 8.88. The average Bonchev–Trinajstić information content (AvgIpc) is 3.05. The molecular formula is C34H33N5O5. The minimum Gasteiger partial charge on any atom is -0.378 e. The molecule has 3 amide bonds. The molecule has 44 heavy (non-hydrogen) atoms. The van der Waals surface area contributed by atoms with Crippen molar-refractivity contribution < 1.29 is 19.1 Å². The number of aromatic nitrogens is 1. The number of hydrogen-bond donors (Lipinski definition) is 3. The van der Waals surface area contributed by atoms with Gasteiger partial charge in [0.25, 0.3) is 17.4 Å². The first-order valence-corrected chi connectivity index (χ1v) is 14.1. The van der Waals surface area contributed by atoms with Gasteiger partial charge in [-0.2, -0.15) is 0 Å². The van der Waals surface area contributed by atoms with E-state index in [1.54, 1.807) is 66.7 Å². The van der Waals surface area contributed by atoms with Crippen LogP contribution < -0.4 is 21.5 Å². The van der Waals surface area contributed by atoms with Crippen LogP contribution in [0.3, 0.4) is 0 Å². The van der Waals surface area contributed by atoms with Crippen molar-refractivity contribution in [1.82, 2.24) is 9.47 Å². The van der Waals surface area contributed by atoms with Gasteiger partial charge in [0.2, 0.25) is 5.91 Å². The monoisotopic (exact) mass is 591 g/mol. The quantitative estimate of drug-likeness (QED) is 0.249. The zero-order chi connectivity index (χ0) is 31.2. The first-order chi connectivity index (χ1) is 21.2. The second-order valence-corrected chi connectivity index (χ2v) is 10.3. The lowest BCUT2D eigenvalue weighted by atomic mass is 9.99. The van der Waals surface area contributed by atoms with Crippen molar-refractivity contribution in [2.75, 3.05) is 42.3 Å². The number of pyridine rings is 1. The Morgan fingerprint density at radius 1 is 0.841 bits per heavy atom. The molecule has 4 aromatic rings. The molecule has 0 aliphatic carbocycles. The van der Waals surface area contributed by atoms with E-state index in [4.69, 9.17) is 4.74 Å². The van der Waals surface area contributed by atoms with Crippen molar-refractivity contribution in [3.8, 4) is 11.1 Å². The third-order valence-electron chi connectivity index (χ3n) is 7.39. The Labute approximate surface area is 255 Å². The highest BCUT2D eigenvalue weighted by Crippen LogP contribution is 2.32. The molecule has 1 aliphatic heterocycles. The van der Waals surface area contributed by atoms with Gasteiger partial charge in [-0.3, -0.25) is 19.2 Å². The Kier molecular flexibility index (Phi) is 9.01. The van der Waals surface area contributed by atoms with E-state index in [1.165, 1.54) is 4.57 Å². The molecule has 1 saturated heterocycles. The summed E-state index contributed by atoms with van der Waals surface area (Å²) in [7, 11) is 1.65. The highest BCUT2D eigenvalue weighted by Gasteiger charge is 2.21. The topological polar surface area (TPSA) is 122 Å². The third-order valence-corrected chi connectivity index (χ3v) is 7.39. The molecule has 10 heteroatoms. The number of hydrogen-bond acceptors (Lipinski definition) is 6. The summed E-state index contributed by atoms with van der Waals surface area (Å²) >= 11 is 0. The second kappa shape index (κ2) is 13.2. The molecule has 0 spiro atoms. The Hall–Kier alpha value is -5.48. The van der Waals surface area contributed by atoms with Gasteiger partial charge in [-0.25, -0.2) is 0 Å². The van der Waals surface area contributed by atoms with Crippen LogP contribution in [0, 0.1) is 6.92 Å². The number of carbonyl (C=O) groups is 3. The molecule has 1 aliphatic rings. The SMILES string of the molecule is C=CC(=O)Nc1cc(C(=O)N2CCOCC2)ccc1Nc1cc(-c2cccc(NC(=O)c3ccccc3)c2C)cn(C)c1=O. The van der Waals surface area contributed by atoms with Crippen molar-refractivity contribution in [1.29, 1.82) is 0 Å².